The molecule has 0 amide bonds. The number of rotatable bonds is 7. The Hall–Kier alpha value is -3.51. The lowest BCUT2D eigenvalue weighted by molar-refractivity contribution is -0.385. The van der Waals surface area contributed by atoms with Crippen molar-refractivity contribution in [1.82, 2.24) is 8.87 Å². The molecule has 0 spiro atoms. The number of ketones is 1. The summed E-state index contributed by atoms with van der Waals surface area (Å²) in [6.45, 7) is 0.440. The molecule has 0 aliphatic carbocycles. The number of hydrogen-bond donors (Lipinski definition) is 0. The molecule has 0 bridgehead atoms. The summed E-state index contributed by atoms with van der Waals surface area (Å²) in [7, 11) is -2.44. The van der Waals surface area contributed by atoms with E-state index in [1.807, 2.05) is 0 Å². The van der Waals surface area contributed by atoms with Gasteiger partial charge in [0.25, 0.3) is 0 Å². The topological polar surface area (TPSA) is 142 Å². The van der Waals surface area contributed by atoms with E-state index in [1.54, 1.807) is 0 Å². The number of benzene rings is 2. The van der Waals surface area contributed by atoms with E-state index in [1.165, 1.54) is 41.7 Å². The average molecular weight is 475 g/mol. The molecular formula is C21H21N3O8S. The summed E-state index contributed by atoms with van der Waals surface area (Å²) in [5.41, 5.74) is -0.0751. The molecule has 2 heterocycles. The van der Waals surface area contributed by atoms with Crippen LogP contribution in [0, 0.1) is 10.1 Å². The molecule has 1 aliphatic heterocycles. The smallest absolute Gasteiger partial charge is 0.420 e. The molecule has 0 saturated carbocycles. The first-order valence-electron chi connectivity index (χ1n) is 10.2. The van der Waals surface area contributed by atoms with E-state index in [4.69, 9.17) is 9.15 Å². The minimum atomic E-state index is -3.72. The standard InChI is InChI=1S/C21H21N3O8S/c1-31-19-8-5-14(11-17(19)24(27)28)18(25)13-23-16-7-6-15(12-20(16)32-21(23)26)33(29,30)22-9-3-2-4-10-22/h5-8,11-12H,2-4,9-10,13H2,1H3. The van der Waals surface area contributed by atoms with Gasteiger partial charge in [0, 0.05) is 30.8 Å². The Bertz CT molecular complexity index is 1400. The lowest BCUT2D eigenvalue weighted by atomic mass is 10.1. The van der Waals surface area contributed by atoms with Crippen molar-refractivity contribution in [3.8, 4) is 5.75 Å². The van der Waals surface area contributed by atoms with Crippen LogP contribution >= 0.6 is 0 Å². The van der Waals surface area contributed by atoms with Gasteiger partial charge in [0.05, 0.1) is 29.0 Å². The van der Waals surface area contributed by atoms with Crippen LogP contribution in [0.3, 0.4) is 0 Å². The van der Waals surface area contributed by atoms with Crippen molar-refractivity contribution in [3.05, 3.63) is 62.6 Å². The van der Waals surface area contributed by atoms with Crippen LogP contribution in [0.5, 0.6) is 5.75 Å². The Balaban J connectivity index is 1.65. The number of nitrogens with zero attached hydrogens (tertiary/aromatic N) is 3. The van der Waals surface area contributed by atoms with E-state index in [9.17, 15) is 28.1 Å². The maximum absolute atomic E-state index is 12.9. The highest BCUT2D eigenvalue weighted by molar-refractivity contribution is 7.89. The number of Topliss-reactive ketones (excluding diaryl/α,β-unsaturated/α-hetero) is 1. The first-order chi connectivity index (χ1) is 15.7. The van der Waals surface area contributed by atoms with Crippen molar-refractivity contribution >= 4 is 32.6 Å². The first-order valence-corrected chi connectivity index (χ1v) is 11.7. The molecule has 174 valence electrons. The largest absolute Gasteiger partial charge is 0.490 e. The summed E-state index contributed by atoms with van der Waals surface area (Å²) in [5, 5.41) is 11.2. The van der Waals surface area contributed by atoms with Gasteiger partial charge in [-0.25, -0.2) is 13.2 Å². The maximum Gasteiger partial charge on any atom is 0.420 e. The molecule has 2 aromatic carbocycles. The van der Waals surface area contributed by atoms with Gasteiger partial charge in [-0.05, 0) is 37.1 Å². The Labute approximate surface area is 188 Å². The van der Waals surface area contributed by atoms with Crippen LogP contribution in [0.1, 0.15) is 29.6 Å². The molecule has 0 N–H and O–H groups in total. The van der Waals surface area contributed by atoms with E-state index in [-0.39, 0.29) is 33.0 Å². The van der Waals surface area contributed by atoms with Crippen LogP contribution in [0.2, 0.25) is 0 Å². The fraction of sp³-hybridized carbons (Fsp3) is 0.333. The van der Waals surface area contributed by atoms with Gasteiger partial charge in [0.1, 0.15) is 0 Å². The molecule has 0 atom stereocenters. The predicted molar refractivity (Wildman–Crippen MR) is 117 cm³/mol. The zero-order valence-electron chi connectivity index (χ0n) is 17.7. The number of carbonyl (C=O) groups excluding carboxylic acids is 1. The molecule has 12 heteroatoms. The van der Waals surface area contributed by atoms with Gasteiger partial charge < -0.3 is 9.15 Å². The van der Waals surface area contributed by atoms with E-state index in [0.717, 1.165) is 29.9 Å². The summed E-state index contributed by atoms with van der Waals surface area (Å²) < 4.78 is 38.4. The minimum absolute atomic E-state index is 0.00456. The number of nitro benzene ring substituents is 1. The minimum Gasteiger partial charge on any atom is -0.490 e. The summed E-state index contributed by atoms with van der Waals surface area (Å²) in [6, 6.07) is 7.82. The number of piperidine rings is 1. The number of fused-ring (bicyclic) bond motifs is 1. The van der Waals surface area contributed by atoms with Crippen LogP contribution in [0.25, 0.3) is 11.1 Å². The highest BCUT2D eigenvalue weighted by atomic mass is 32.2. The molecular weight excluding hydrogens is 454 g/mol. The molecule has 1 fully saturated rings. The molecule has 4 rings (SSSR count). The Morgan fingerprint density at radius 3 is 2.55 bits per heavy atom. The van der Waals surface area contributed by atoms with E-state index >= 15 is 0 Å². The Morgan fingerprint density at radius 2 is 1.88 bits per heavy atom. The number of carbonyl (C=O) groups is 1. The SMILES string of the molecule is COc1ccc(C(=O)Cn2c(=O)oc3cc(S(=O)(=O)N4CCCCC4)ccc32)cc1[N+](=O)[O-]. The zero-order valence-corrected chi connectivity index (χ0v) is 18.5. The lowest BCUT2D eigenvalue weighted by Gasteiger charge is -2.25. The third-order valence-electron chi connectivity index (χ3n) is 5.59. The van der Waals surface area contributed by atoms with E-state index < -0.39 is 33.0 Å². The van der Waals surface area contributed by atoms with Crippen molar-refractivity contribution in [3.63, 3.8) is 0 Å². The molecule has 33 heavy (non-hydrogen) atoms. The summed E-state index contributed by atoms with van der Waals surface area (Å²) >= 11 is 0. The van der Waals surface area contributed by atoms with E-state index in [2.05, 4.69) is 0 Å². The van der Waals surface area contributed by atoms with Crippen LogP contribution in [0.4, 0.5) is 5.69 Å². The second-order valence-electron chi connectivity index (χ2n) is 7.62. The maximum atomic E-state index is 12.9. The van der Waals surface area contributed by atoms with Crippen molar-refractivity contribution in [2.45, 2.75) is 30.7 Å². The second-order valence-corrected chi connectivity index (χ2v) is 9.55. The molecule has 3 aromatic rings. The van der Waals surface area contributed by atoms with Crippen LogP contribution in [-0.4, -0.2) is 48.2 Å². The highest BCUT2D eigenvalue weighted by Gasteiger charge is 2.27. The second kappa shape index (κ2) is 8.79. The number of oxazole rings is 1. The monoisotopic (exact) mass is 475 g/mol. The molecule has 11 nitrogen and oxygen atoms in total. The average Bonchev–Trinajstić information content (AvgIpc) is 3.13. The summed E-state index contributed by atoms with van der Waals surface area (Å²) in [5.74, 6) is -1.39. The van der Waals surface area contributed by atoms with Crippen LogP contribution in [-0.2, 0) is 16.6 Å². The number of sulfonamides is 1. The number of hydrogen-bond acceptors (Lipinski definition) is 8. The lowest BCUT2D eigenvalue weighted by Crippen LogP contribution is -2.35. The van der Waals surface area contributed by atoms with Crippen LogP contribution in [0.15, 0.2) is 50.5 Å². The zero-order chi connectivity index (χ0) is 23.8. The summed E-state index contributed by atoms with van der Waals surface area (Å²) in [6.07, 6.45) is 2.56. The first kappa shape index (κ1) is 22.7. The van der Waals surface area contributed by atoms with Crippen molar-refractivity contribution in [1.29, 1.82) is 0 Å². The predicted octanol–water partition coefficient (Wildman–Crippen LogP) is 2.57. The molecule has 1 saturated heterocycles. The van der Waals surface area contributed by atoms with Crippen molar-refractivity contribution < 1.29 is 27.3 Å². The normalized spacial score (nSPS) is 14.9. The van der Waals surface area contributed by atoms with Crippen LogP contribution < -0.4 is 10.5 Å². The molecule has 1 aliphatic rings. The fourth-order valence-corrected chi connectivity index (χ4v) is 5.39. The number of nitro groups is 1. The van der Waals surface area contributed by atoms with Gasteiger partial charge in [-0.1, -0.05) is 6.42 Å². The third kappa shape index (κ3) is 4.26. The van der Waals surface area contributed by atoms with Crippen molar-refractivity contribution in [2.24, 2.45) is 0 Å². The van der Waals surface area contributed by atoms with Gasteiger partial charge in [-0.15, -0.1) is 0 Å². The van der Waals surface area contributed by atoms with Gasteiger partial charge in [-0.2, -0.15) is 4.31 Å². The van der Waals surface area contributed by atoms with Gasteiger partial charge in [0.15, 0.2) is 17.1 Å². The number of ether oxygens (including phenoxy) is 1. The quantitative estimate of drug-likeness (QED) is 0.288. The molecule has 0 radical (unpaired) electrons. The Morgan fingerprint density at radius 1 is 1.15 bits per heavy atom. The van der Waals surface area contributed by atoms with Gasteiger partial charge in [0.2, 0.25) is 10.0 Å². The van der Waals surface area contributed by atoms with Crippen molar-refractivity contribution in [2.75, 3.05) is 20.2 Å². The Kier molecular flexibility index (Phi) is 6.04. The molecule has 0 unspecified atom stereocenters. The highest BCUT2D eigenvalue weighted by Crippen LogP contribution is 2.28. The number of aromatic nitrogens is 1. The summed E-state index contributed by atoms with van der Waals surface area (Å²) in [4.78, 5) is 35.7. The van der Waals surface area contributed by atoms with Gasteiger partial charge in [-0.3, -0.25) is 19.5 Å². The van der Waals surface area contributed by atoms with E-state index in [0.29, 0.717) is 13.1 Å². The molecule has 1 aromatic heterocycles. The third-order valence-corrected chi connectivity index (χ3v) is 7.49. The van der Waals surface area contributed by atoms with Gasteiger partial charge >= 0.3 is 11.4 Å². The fourth-order valence-electron chi connectivity index (χ4n) is 3.85. The number of methoxy groups -OCH3 is 1.